The van der Waals surface area contributed by atoms with Gasteiger partial charge in [-0.25, -0.2) is 0 Å². The van der Waals surface area contributed by atoms with Crippen LogP contribution in [0.2, 0.25) is 0 Å². The molecule has 21 N–H and O–H groups in total. The molecule has 10 atom stereocenters. The Hall–Kier alpha value is -1.32. The van der Waals surface area contributed by atoms with Crippen molar-refractivity contribution in [3.8, 4) is 0 Å². The lowest BCUT2D eigenvalue weighted by molar-refractivity contribution is 0.141. The maximum Gasteiger partial charge on any atom is 0.0672 e. The fraction of sp³-hybridized carbons (Fsp3) is 0.879. The van der Waals surface area contributed by atoms with E-state index in [1.807, 2.05) is 13.0 Å². The molecule has 45 heavy (non-hydrogen) atoms. The van der Waals surface area contributed by atoms with Gasteiger partial charge in [0.15, 0.2) is 0 Å². The van der Waals surface area contributed by atoms with E-state index >= 15 is 0 Å². The van der Waals surface area contributed by atoms with Crippen molar-refractivity contribution in [3.63, 3.8) is 0 Å². The summed E-state index contributed by atoms with van der Waals surface area (Å²) in [5, 5.41) is 28.5. The molecule has 0 bridgehead atoms. The van der Waals surface area contributed by atoms with Crippen LogP contribution >= 0.6 is 0 Å². The summed E-state index contributed by atoms with van der Waals surface area (Å²) in [5.74, 6) is 1.80. The lowest BCUT2D eigenvalue weighted by atomic mass is 9.74. The molecule has 0 spiro atoms. The summed E-state index contributed by atoms with van der Waals surface area (Å²) in [7, 11) is 0. The maximum atomic E-state index is 9.75. The maximum absolute atomic E-state index is 9.75. The average Bonchev–Trinajstić information content (AvgIpc) is 3.37. The zero-order chi connectivity index (χ0) is 34.3. The average molecular weight is 642 g/mol. The summed E-state index contributed by atoms with van der Waals surface area (Å²) in [5.41, 5.74) is 54.5. The van der Waals surface area contributed by atoms with E-state index < -0.39 is 12.2 Å². The number of aliphatic hydroxyl groups is 3. The van der Waals surface area contributed by atoms with Crippen LogP contribution in [-0.4, -0.2) is 77.4 Å². The number of nitrogens with two attached hydrogens (primary N) is 9. The van der Waals surface area contributed by atoms with Crippen LogP contribution in [0.4, 0.5) is 0 Å². The molecule has 2 fully saturated rings. The predicted octanol–water partition coefficient (Wildman–Crippen LogP) is -0.245. The van der Waals surface area contributed by atoms with E-state index in [4.69, 9.17) is 51.6 Å². The number of aliphatic hydroxyl groups excluding tert-OH is 3. The van der Waals surface area contributed by atoms with Crippen molar-refractivity contribution in [1.29, 1.82) is 0 Å². The lowest BCUT2D eigenvalue weighted by Gasteiger charge is -2.37. The van der Waals surface area contributed by atoms with Crippen molar-refractivity contribution >= 4 is 0 Å². The topological polar surface area (TPSA) is 295 Å². The number of unbranched alkanes of at least 4 members (excludes halogenated alkanes) is 1. The van der Waals surface area contributed by atoms with Crippen LogP contribution in [-0.2, 0) is 0 Å². The van der Waals surface area contributed by atoms with E-state index in [0.29, 0.717) is 43.7 Å². The van der Waals surface area contributed by atoms with Crippen molar-refractivity contribution in [3.05, 3.63) is 23.0 Å². The first-order chi connectivity index (χ1) is 21.2. The minimum absolute atomic E-state index is 0.0291. The Bertz CT molecular complexity index is 864. The Morgan fingerprint density at radius 1 is 0.733 bits per heavy atom. The zero-order valence-electron chi connectivity index (χ0n) is 28.4. The summed E-state index contributed by atoms with van der Waals surface area (Å²) < 4.78 is 0. The van der Waals surface area contributed by atoms with E-state index in [-0.39, 0.29) is 48.7 Å². The van der Waals surface area contributed by atoms with Gasteiger partial charge < -0.3 is 66.9 Å². The third-order valence-electron chi connectivity index (χ3n) is 10.1. The van der Waals surface area contributed by atoms with Gasteiger partial charge in [-0.1, -0.05) is 26.7 Å². The summed E-state index contributed by atoms with van der Waals surface area (Å²) in [4.78, 5) is 0. The van der Waals surface area contributed by atoms with Gasteiger partial charge in [0.25, 0.3) is 0 Å². The Morgan fingerprint density at radius 3 is 1.73 bits per heavy atom. The van der Waals surface area contributed by atoms with Crippen LogP contribution in [0.5, 0.6) is 0 Å². The van der Waals surface area contributed by atoms with Crippen LogP contribution in [0.1, 0.15) is 91.4 Å². The molecule has 3 aliphatic rings. The van der Waals surface area contributed by atoms with E-state index in [0.717, 1.165) is 74.8 Å². The van der Waals surface area contributed by atoms with Crippen molar-refractivity contribution in [1.82, 2.24) is 0 Å². The molecule has 0 aromatic carbocycles. The summed E-state index contributed by atoms with van der Waals surface area (Å²) in [6.07, 6.45) is 11.0. The van der Waals surface area contributed by atoms with Gasteiger partial charge in [-0.2, -0.15) is 0 Å². The van der Waals surface area contributed by atoms with Crippen molar-refractivity contribution in [2.24, 2.45) is 81.2 Å². The number of hydrogen-bond acceptors (Lipinski definition) is 12. The Morgan fingerprint density at radius 2 is 1.27 bits per heavy atom. The largest absolute Gasteiger partial charge is 0.401 e. The number of allylic oxidation sites excluding steroid dienone is 2. The molecule has 0 radical (unpaired) electrons. The molecule has 12 nitrogen and oxygen atoms in total. The summed E-state index contributed by atoms with van der Waals surface area (Å²) in [6.45, 7) is 7.47. The molecule has 0 aromatic rings. The molecule has 2 saturated carbocycles. The van der Waals surface area contributed by atoms with Crippen molar-refractivity contribution in [2.75, 3.05) is 19.6 Å². The second-order valence-electron chi connectivity index (χ2n) is 14.1. The molecular weight excluding hydrogens is 570 g/mol. The van der Waals surface area contributed by atoms with E-state index in [2.05, 4.69) is 13.8 Å². The summed E-state index contributed by atoms with van der Waals surface area (Å²) >= 11 is 0. The quantitative estimate of drug-likeness (QED) is 0.109. The Balaban J connectivity index is 0.000000347. The highest BCUT2D eigenvalue weighted by atomic mass is 16.3. The summed E-state index contributed by atoms with van der Waals surface area (Å²) in [6, 6.07) is 0.782. The van der Waals surface area contributed by atoms with E-state index in [1.54, 1.807) is 0 Å². The van der Waals surface area contributed by atoms with Crippen LogP contribution in [0.15, 0.2) is 23.0 Å². The first kappa shape index (κ1) is 41.7. The van der Waals surface area contributed by atoms with Crippen LogP contribution in [0.3, 0.4) is 0 Å². The second kappa shape index (κ2) is 21.5. The third kappa shape index (κ3) is 14.5. The molecule has 0 aromatic heterocycles. The first-order valence-corrected chi connectivity index (χ1v) is 17.3. The van der Waals surface area contributed by atoms with Crippen LogP contribution < -0.4 is 51.6 Å². The molecule has 0 heterocycles. The molecule has 0 aliphatic heterocycles. The monoisotopic (exact) mass is 642 g/mol. The number of hydrogen-bond donors (Lipinski definition) is 12. The van der Waals surface area contributed by atoms with Crippen molar-refractivity contribution in [2.45, 2.75) is 134 Å². The Labute approximate surface area is 272 Å². The predicted molar refractivity (Wildman–Crippen MR) is 186 cm³/mol. The van der Waals surface area contributed by atoms with Gasteiger partial charge >= 0.3 is 0 Å². The van der Waals surface area contributed by atoms with Gasteiger partial charge in [-0.15, -0.1) is 0 Å². The second-order valence-corrected chi connectivity index (χ2v) is 14.1. The third-order valence-corrected chi connectivity index (χ3v) is 10.1. The minimum Gasteiger partial charge on any atom is -0.401 e. The molecule has 0 amide bonds. The molecule has 3 rings (SSSR count). The van der Waals surface area contributed by atoms with E-state index in [9.17, 15) is 15.3 Å². The fourth-order valence-electron chi connectivity index (χ4n) is 7.11. The first-order valence-electron chi connectivity index (χ1n) is 17.3. The van der Waals surface area contributed by atoms with Gasteiger partial charge in [0.1, 0.15) is 0 Å². The van der Waals surface area contributed by atoms with Gasteiger partial charge in [0.05, 0.1) is 18.3 Å². The molecule has 12 heteroatoms. The molecule has 10 unspecified atom stereocenters. The van der Waals surface area contributed by atoms with Gasteiger partial charge in [-0.3, -0.25) is 0 Å². The van der Waals surface area contributed by atoms with Gasteiger partial charge in [0.2, 0.25) is 0 Å². The highest BCUT2D eigenvalue weighted by Gasteiger charge is 2.37. The minimum atomic E-state index is -0.526. The molecule has 0 saturated heterocycles. The standard InChI is InChI=1S/C15H33N3O.C9H21N3O.C9H17N3O/c1-11-9-14(17)13(15(18)10-11)7-3-2-5-12(19)6-4-8-16;2*1-5-2-8(11)7(9(5)12)3-6(13)4-10/h11-15,19H,2-10,16-18H2,1H3;5-9,13H,2-4,10-12H2,1H3;2,6-7,13H,3-4,10-12H2,1H3. The van der Waals surface area contributed by atoms with Gasteiger partial charge in [0, 0.05) is 54.6 Å². The lowest BCUT2D eigenvalue weighted by Crippen LogP contribution is -2.48. The van der Waals surface area contributed by atoms with Crippen LogP contribution in [0, 0.1) is 29.6 Å². The highest BCUT2D eigenvalue weighted by molar-refractivity contribution is 5.38. The normalized spacial score (nSPS) is 33.4. The highest BCUT2D eigenvalue weighted by Crippen LogP contribution is 2.32. The van der Waals surface area contributed by atoms with Crippen molar-refractivity contribution < 1.29 is 15.3 Å². The van der Waals surface area contributed by atoms with E-state index in [1.165, 1.54) is 0 Å². The van der Waals surface area contributed by atoms with Crippen LogP contribution in [0.25, 0.3) is 0 Å². The molecule has 3 aliphatic carbocycles. The molecule has 266 valence electrons. The Kier molecular flexibility index (Phi) is 20.0. The smallest absolute Gasteiger partial charge is 0.0672 e. The van der Waals surface area contributed by atoms with Gasteiger partial charge in [-0.05, 0) is 107 Å². The molecular formula is C33H71N9O3. The number of rotatable bonds is 14. The fourth-order valence-corrected chi connectivity index (χ4v) is 7.11. The zero-order valence-corrected chi connectivity index (χ0v) is 28.4. The SMILES string of the molecule is CC1=C(N)C(CC(O)CN)C(N)=C1.CC1CC(N)C(CC(O)CN)C1N.CC1CC(N)C(CCCCC(O)CCCN)C(N)C1.